The number of carbonyl (C=O) groups is 1. The summed E-state index contributed by atoms with van der Waals surface area (Å²) in [6, 6.07) is 8.50. The first-order valence-electron chi connectivity index (χ1n) is 7.16. The highest BCUT2D eigenvalue weighted by molar-refractivity contribution is 7.11. The van der Waals surface area contributed by atoms with Crippen LogP contribution in [0.3, 0.4) is 0 Å². The van der Waals surface area contributed by atoms with Gasteiger partial charge >= 0.3 is 0 Å². The van der Waals surface area contributed by atoms with Crippen molar-refractivity contribution in [3.63, 3.8) is 0 Å². The van der Waals surface area contributed by atoms with E-state index in [2.05, 4.69) is 36.2 Å². The molecular weight excluding hydrogens is 266 g/mol. The van der Waals surface area contributed by atoms with Crippen LogP contribution >= 0.6 is 11.3 Å². The molecule has 1 heterocycles. The molecule has 0 fully saturated rings. The molecule has 1 unspecified atom stereocenters. The third-order valence-electron chi connectivity index (χ3n) is 4.20. The van der Waals surface area contributed by atoms with Crippen molar-refractivity contribution in [2.45, 2.75) is 39.5 Å². The molecule has 0 aliphatic heterocycles. The highest BCUT2D eigenvalue weighted by Gasteiger charge is 2.25. The number of fused-ring (bicyclic) bond motifs is 1. The van der Waals surface area contributed by atoms with Crippen LogP contribution in [0.25, 0.3) is 0 Å². The van der Waals surface area contributed by atoms with Crippen LogP contribution in [0.5, 0.6) is 0 Å². The Morgan fingerprint density at radius 1 is 1.30 bits per heavy atom. The van der Waals surface area contributed by atoms with E-state index in [0.717, 1.165) is 30.0 Å². The Hall–Kier alpha value is -1.48. The van der Waals surface area contributed by atoms with E-state index in [1.807, 2.05) is 6.92 Å². The summed E-state index contributed by atoms with van der Waals surface area (Å²) in [4.78, 5) is 18.2. The van der Waals surface area contributed by atoms with E-state index < -0.39 is 0 Å². The van der Waals surface area contributed by atoms with E-state index in [1.165, 1.54) is 16.0 Å². The van der Waals surface area contributed by atoms with Gasteiger partial charge < -0.3 is 0 Å². The van der Waals surface area contributed by atoms with Crippen molar-refractivity contribution < 1.29 is 4.79 Å². The maximum absolute atomic E-state index is 12.5. The Labute approximate surface area is 123 Å². The minimum atomic E-state index is 0.175. The van der Waals surface area contributed by atoms with E-state index in [4.69, 9.17) is 0 Å². The van der Waals surface area contributed by atoms with E-state index in [1.54, 1.807) is 11.3 Å². The molecule has 3 heteroatoms. The summed E-state index contributed by atoms with van der Waals surface area (Å²) in [6.07, 6.45) is 3.42. The molecule has 1 aliphatic rings. The lowest BCUT2D eigenvalue weighted by Gasteiger charge is -2.23. The Kier molecular flexibility index (Phi) is 3.70. The van der Waals surface area contributed by atoms with Crippen LogP contribution in [0.2, 0.25) is 0 Å². The molecule has 0 N–H and O–H groups in total. The summed E-state index contributed by atoms with van der Waals surface area (Å²) in [6.45, 7) is 4.08. The normalized spacial score (nSPS) is 17.8. The van der Waals surface area contributed by atoms with Crippen molar-refractivity contribution in [3.05, 3.63) is 51.0 Å². The predicted octanol–water partition coefficient (Wildman–Crippen LogP) is 3.68. The van der Waals surface area contributed by atoms with Crippen LogP contribution in [0, 0.1) is 19.8 Å². The van der Waals surface area contributed by atoms with Gasteiger partial charge in [0.2, 0.25) is 0 Å². The number of carbonyl (C=O) groups excluding carboxylic acids is 1. The molecule has 0 spiro atoms. The number of nitrogens with zero attached hydrogens (tertiary/aromatic N) is 1. The quantitative estimate of drug-likeness (QED) is 0.861. The number of hydrogen-bond acceptors (Lipinski definition) is 3. The van der Waals surface area contributed by atoms with E-state index >= 15 is 0 Å². The van der Waals surface area contributed by atoms with Crippen molar-refractivity contribution in [1.82, 2.24) is 4.98 Å². The topological polar surface area (TPSA) is 30.0 Å². The molecule has 20 heavy (non-hydrogen) atoms. The minimum Gasteiger partial charge on any atom is -0.299 e. The predicted molar refractivity (Wildman–Crippen MR) is 82.3 cm³/mol. The fraction of sp³-hybridized carbons (Fsp3) is 0.412. The lowest BCUT2D eigenvalue weighted by molar-refractivity contribution is -0.122. The van der Waals surface area contributed by atoms with Crippen LogP contribution < -0.4 is 0 Å². The number of thiazole rings is 1. The van der Waals surface area contributed by atoms with Gasteiger partial charge in [0.15, 0.2) is 0 Å². The molecule has 3 rings (SSSR count). The molecule has 1 aromatic carbocycles. The molecule has 0 saturated heterocycles. The first-order chi connectivity index (χ1) is 9.63. The zero-order chi connectivity index (χ0) is 14.1. The molecule has 2 nitrogen and oxygen atoms in total. The Morgan fingerprint density at radius 3 is 2.75 bits per heavy atom. The lowest BCUT2D eigenvalue weighted by atomic mass is 9.81. The van der Waals surface area contributed by atoms with Gasteiger partial charge in [-0.05, 0) is 44.2 Å². The monoisotopic (exact) mass is 285 g/mol. The average molecular weight is 285 g/mol. The van der Waals surface area contributed by atoms with Crippen LogP contribution in [0.15, 0.2) is 24.3 Å². The number of aryl methyl sites for hydroxylation is 3. The number of rotatable bonds is 3. The van der Waals surface area contributed by atoms with Gasteiger partial charge in [-0.2, -0.15) is 0 Å². The van der Waals surface area contributed by atoms with Crippen molar-refractivity contribution in [2.75, 3.05) is 0 Å². The van der Waals surface area contributed by atoms with Gasteiger partial charge in [-0.15, -0.1) is 11.3 Å². The van der Waals surface area contributed by atoms with Crippen molar-refractivity contribution in [3.8, 4) is 0 Å². The second kappa shape index (κ2) is 5.49. The largest absolute Gasteiger partial charge is 0.299 e. The van der Waals surface area contributed by atoms with Crippen LogP contribution in [-0.2, 0) is 24.1 Å². The van der Waals surface area contributed by atoms with Gasteiger partial charge in [0.05, 0.1) is 12.1 Å². The standard InChI is InChI=1S/C17H19NOS/c1-11-12(2)20-17(18-11)10-16(19)15-8-7-13-5-3-4-6-14(13)9-15/h3-6,15H,7-10H2,1-2H3. The maximum Gasteiger partial charge on any atom is 0.143 e. The summed E-state index contributed by atoms with van der Waals surface area (Å²) < 4.78 is 0. The lowest BCUT2D eigenvalue weighted by Crippen LogP contribution is -2.24. The highest BCUT2D eigenvalue weighted by atomic mass is 32.1. The summed E-state index contributed by atoms with van der Waals surface area (Å²) in [5.41, 5.74) is 3.83. The second-order valence-electron chi connectivity index (χ2n) is 5.60. The van der Waals surface area contributed by atoms with Crippen molar-refractivity contribution in [1.29, 1.82) is 0 Å². The van der Waals surface area contributed by atoms with Crippen LogP contribution in [0.4, 0.5) is 0 Å². The van der Waals surface area contributed by atoms with Crippen LogP contribution in [0.1, 0.15) is 33.1 Å². The van der Waals surface area contributed by atoms with Gasteiger partial charge in [0.1, 0.15) is 10.8 Å². The summed E-state index contributed by atoms with van der Waals surface area (Å²) in [7, 11) is 0. The first kappa shape index (κ1) is 13.5. The van der Waals surface area contributed by atoms with E-state index in [-0.39, 0.29) is 5.92 Å². The zero-order valence-electron chi connectivity index (χ0n) is 12.0. The van der Waals surface area contributed by atoms with Gasteiger partial charge in [0.25, 0.3) is 0 Å². The Morgan fingerprint density at radius 2 is 2.05 bits per heavy atom. The molecule has 1 aromatic heterocycles. The number of benzene rings is 1. The molecule has 0 saturated carbocycles. The summed E-state index contributed by atoms with van der Waals surface area (Å²) >= 11 is 1.66. The van der Waals surface area contributed by atoms with E-state index in [0.29, 0.717) is 12.2 Å². The summed E-state index contributed by atoms with van der Waals surface area (Å²) in [5.74, 6) is 0.530. The first-order valence-corrected chi connectivity index (χ1v) is 7.97. The molecule has 104 valence electrons. The Balaban J connectivity index is 1.70. The van der Waals surface area contributed by atoms with Gasteiger partial charge in [-0.1, -0.05) is 24.3 Å². The molecule has 0 radical (unpaired) electrons. The van der Waals surface area contributed by atoms with E-state index in [9.17, 15) is 4.79 Å². The van der Waals surface area contributed by atoms with Crippen molar-refractivity contribution >= 4 is 17.1 Å². The zero-order valence-corrected chi connectivity index (χ0v) is 12.8. The van der Waals surface area contributed by atoms with Crippen molar-refractivity contribution in [2.24, 2.45) is 5.92 Å². The highest BCUT2D eigenvalue weighted by Crippen LogP contribution is 2.27. The third kappa shape index (κ3) is 2.68. The fourth-order valence-electron chi connectivity index (χ4n) is 2.88. The molecule has 1 atom stereocenters. The van der Waals surface area contributed by atoms with Gasteiger partial charge in [-0.25, -0.2) is 4.98 Å². The smallest absolute Gasteiger partial charge is 0.143 e. The molecule has 2 aromatic rings. The maximum atomic E-state index is 12.5. The average Bonchev–Trinajstić information content (AvgIpc) is 2.76. The van der Waals surface area contributed by atoms with Crippen LogP contribution in [-0.4, -0.2) is 10.8 Å². The SMILES string of the molecule is Cc1nc(CC(=O)C2CCc3ccccc3C2)sc1C. The Bertz CT molecular complexity index is 625. The number of hydrogen-bond donors (Lipinski definition) is 0. The minimum absolute atomic E-state index is 0.175. The van der Waals surface area contributed by atoms with Gasteiger partial charge in [-0.3, -0.25) is 4.79 Å². The molecule has 0 amide bonds. The number of ketones is 1. The molecular formula is C17H19NOS. The molecule has 1 aliphatic carbocycles. The number of aromatic nitrogens is 1. The van der Waals surface area contributed by atoms with Gasteiger partial charge in [0, 0.05) is 10.8 Å². The third-order valence-corrected chi connectivity index (χ3v) is 5.27. The molecule has 0 bridgehead atoms. The second-order valence-corrected chi connectivity index (χ2v) is 6.89. The fourth-order valence-corrected chi connectivity index (χ4v) is 3.82. The number of Topliss-reactive ketones (excluding diaryl/α,β-unsaturated/α-hetero) is 1. The summed E-state index contributed by atoms with van der Waals surface area (Å²) in [5, 5.41) is 0.976.